The van der Waals surface area contributed by atoms with Crippen LogP contribution in [0.2, 0.25) is 10.0 Å². The molecule has 0 aromatic heterocycles. The third kappa shape index (κ3) is 2.65. The molecule has 2 rings (SSSR count). The molecule has 0 fully saturated rings. The summed E-state index contributed by atoms with van der Waals surface area (Å²) in [4.78, 5) is 0. The largest absolute Gasteiger partial charge is 0.506 e. The van der Waals surface area contributed by atoms with Gasteiger partial charge in [-0.25, -0.2) is 0 Å². The van der Waals surface area contributed by atoms with Crippen molar-refractivity contribution < 1.29 is 18.4 Å². The first-order valence-electron chi connectivity index (χ1n) is 8.33. The highest BCUT2D eigenvalue weighted by atomic mass is 35.5. The lowest BCUT2D eigenvalue weighted by molar-refractivity contribution is 0.474. The first-order valence-corrected chi connectivity index (χ1v) is 6.08. The Balaban J connectivity index is 2.96. The standard InChI is InChI=1S/C15H14Cl2O2/c1-15(2,9-3-5-13(18)11(16)7-9)10-4-6-14(19)12(17)8-10/h3-8,18-19H,1-2H3/i3D,4D,5D,6D,7D,8D. The van der Waals surface area contributed by atoms with Gasteiger partial charge in [-0.05, 0) is 35.3 Å². The van der Waals surface area contributed by atoms with E-state index < -0.39 is 63.2 Å². The minimum absolute atomic E-state index is 0.0940. The van der Waals surface area contributed by atoms with E-state index in [1.807, 2.05) is 0 Å². The van der Waals surface area contributed by atoms with Crippen molar-refractivity contribution in [3.05, 3.63) is 57.4 Å². The van der Waals surface area contributed by atoms with Crippen LogP contribution in [0.3, 0.4) is 0 Å². The first kappa shape index (κ1) is 8.03. The Morgan fingerprint density at radius 1 is 0.895 bits per heavy atom. The number of aromatic hydroxyl groups is 2. The Bertz CT molecular complexity index is 769. The minimum Gasteiger partial charge on any atom is -0.506 e. The van der Waals surface area contributed by atoms with E-state index in [2.05, 4.69) is 0 Å². The van der Waals surface area contributed by atoms with Crippen LogP contribution in [0.5, 0.6) is 11.5 Å². The second-order valence-corrected chi connectivity index (χ2v) is 5.21. The maximum absolute atomic E-state index is 9.74. The lowest BCUT2D eigenvalue weighted by Crippen LogP contribution is -2.18. The summed E-state index contributed by atoms with van der Waals surface area (Å²) in [6, 6.07) is -2.96. The van der Waals surface area contributed by atoms with Gasteiger partial charge in [0.25, 0.3) is 0 Å². The molecule has 0 bridgehead atoms. The van der Waals surface area contributed by atoms with E-state index in [1.54, 1.807) is 0 Å². The number of phenols is 2. The molecule has 0 heterocycles. The molecule has 2 N–H and O–H groups in total. The lowest BCUT2D eigenvalue weighted by Gasteiger charge is -2.26. The van der Waals surface area contributed by atoms with Gasteiger partial charge in [-0.1, -0.05) is 49.1 Å². The summed E-state index contributed by atoms with van der Waals surface area (Å²) in [6.45, 7) is 2.98. The highest BCUT2D eigenvalue weighted by Crippen LogP contribution is 2.37. The van der Waals surface area contributed by atoms with E-state index in [0.29, 0.717) is 0 Å². The van der Waals surface area contributed by atoms with Crippen molar-refractivity contribution in [1.29, 1.82) is 0 Å². The molecule has 0 aliphatic carbocycles. The Morgan fingerprint density at radius 3 is 1.63 bits per heavy atom. The first-order chi connectivity index (χ1) is 11.4. The van der Waals surface area contributed by atoms with Crippen molar-refractivity contribution in [2.75, 3.05) is 0 Å². The average molecular weight is 303 g/mol. The van der Waals surface area contributed by atoms with Crippen LogP contribution in [0, 0.1) is 0 Å². The molecule has 2 aromatic rings. The predicted octanol–water partition coefficient (Wildman–Crippen LogP) is 4.73. The molecule has 0 atom stereocenters. The lowest BCUT2D eigenvalue weighted by atomic mass is 9.78. The molecule has 4 heteroatoms. The Labute approximate surface area is 130 Å². The van der Waals surface area contributed by atoms with Crippen LogP contribution in [0.1, 0.15) is 33.2 Å². The van der Waals surface area contributed by atoms with Gasteiger partial charge in [0.1, 0.15) is 11.5 Å². The zero-order chi connectivity index (χ0) is 19.4. The van der Waals surface area contributed by atoms with Crippen LogP contribution in [-0.4, -0.2) is 10.2 Å². The fourth-order valence-corrected chi connectivity index (χ4v) is 1.79. The van der Waals surface area contributed by atoms with Crippen molar-refractivity contribution in [2.45, 2.75) is 19.3 Å². The smallest absolute Gasteiger partial charge is 0.134 e. The third-order valence-electron chi connectivity index (χ3n) is 2.75. The summed E-state index contributed by atoms with van der Waals surface area (Å²) in [5.41, 5.74) is -1.57. The van der Waals surface area contributed by atoms with Gasteiger partial charge in [0.2, 0.25) is 0 Å². The van der Waals surface area contributed by atoms with Crippen molar-refractivity contribution in [2.24, 2.45) is 0 Å². The fourth-order valence-electron chi connectivity index (χ4n) is 1.50. The summed E-state index contributed by atoms with van der Waals surface area (Å²) >= 11 is 11.8. The van der Waals surface area contributed by atoms with E-state index in [-0.39, 0.29) is 11.1 Å². The van der Waals surface area contributed by atoms with Crippen molar-refractivity contribution in [3.8, 4) is 11.5 Å². The van der Waals surface area contributed by atoms with Crippen molar-refractivity contribution >= 4 is 23.2 Å². The van der Waals surface area contributed by atoms with Crippen molar-refractivity contribution in [3.63, 3.8) is 0 Å². The topological polar surface area (TPSA) is 40.5 Å². The Hall–Kier alpha value is -1.38. The molecule has 100 valence electrons. The van der Waals surface area contributed by atoms with Gasteiger partial charge in [-0.2, -0.15) is 0 Å². The van der Waals surface area contributed by atoms with Crippen LogP contribution >= 0.6 is 23.2 Å². The summed E-state index contributed by atoms with van der Waals surface area (Å²) in [5, 5.41) is 18.7. The number of phenolic OH excluding ortho intramolecular Hbond substituents is 2. The minimum atomic E-state index is -1.39. The molecular weight excluding hydrogens is 283 g/mol. The fraction of sp³-hybridized carbons (Fsp3) is 0.200. The summed E-state index contributed by atoms with van der Waals surface area (Å²) in [5.74, 6) is -1.39. The van der Waals surface area contributed by atoms with Crippen LogP contribution in [-0.2, 0) is 5.41 Å². The van der Waals surface area contributed by atoms with E-state index in [4.69, 9.17) is 31.4 Å². The van der Waals surface area contributed by atoms with Gasteiger partial charge >= 0.3 is 0 Å². The quantitative estimate of drug-likeness (QED) is 0.842. The van der Waals surface area contributed by atoms with E-state index in [0.717, 1.165) is 0 Å². The normalized spacial score (nSPS) is 16.0. The number of benzene rings is 2. The third-order valence-corrected chi connectivity index (χ3v) is 3.29. The molecule has 0 unspecified atom stereocenters. The average Bonchev–Trinajstić information content (AvgIpc) is 2.54. The zero-order valence-corrected chi connectivity index (χ0v) is 11.7. The van der Waals surface area contributed by atoms with Gasteiger partial charge in [-0.3, -0.25) is 0 Å². The van der Waals surface area contributed by atoms with Crippen LogP contribution < -0.4 is 0 Å². The molecule has 19 heavy (non-hydrogen) atoms. The second kappa shape index (κ2) is 4.95. The molecule has 2 nitrogen and oxygen atoms in total. The van der Waals surface area contributed by atoms with Gasteiger partial charge in [0, 0.05) is 5.41 Å². The molecule has 0 aliphatic rings. The SMILES string of the molecule is [2H]c1c([2H])c(C(C)(C)c2c([2H])c([2H])c(O)c(Cl)c2[2H])c([2H])c(Cl)c1O. The molecule has 0 saturated heterocycles. The molecule has 0 amide bonds. The molecule has 0 radical (unpaired) electrons. The number of hydrogen-bond acceptors (Lipinski definition) is 2. The highest BCUT2D eigenvalue weighted by molar-refractivity contribution is 6.32. The van der Waals surface area contributed by atoms with E-state index in [9.17, 15) is 10.2 Å². The Kier molecular flexibility index (Phi) is 2.09. The van der Waals surface area contributed by atoms with Gasteiger partial charge < -0.3 is 10.2 Å². The van der Waals surface area contributed by atoms with Crippen LogP contribution in [0.4, 0.5) is 0 Å². The number of hydrogen-bond donors (Lipinski definition) is 2. The molecular formula is C15H14Cl2O2. The van der Waals surface area contributed by atoms with Gasteiger partial charge in [0.05, 0.1) is 18.3 Å². The maximum Gasteiger partial charge on any atom is 0.134 e. The summed E-state index contributed by atoms with van der Waals surface area (Å²) < 4.78 is 48.0. The van der Waals surface area contributed by atoms with Crippen LogP contribution in [0.15, 0.2) is 36.3 Å². The zero-order valence-electron chi connectivity index (χ0n) is 16.2. The monoisotopic (exact) mass is 302 g/mol. The molecule has 0 aliphatic heterocycles. The van der Waals surface area contributed by atoms with Crippen LogP contribution in [0.25, 0.3) is 0 Å². The molecule has 2 aromatic carbocycles. The number of halogens is 2. The summed E-state index contributed by atoms with van der Waals surface area (Å²) in [6.07, 6.45) is 0. The van der Waals surface area contributed by atoms with E-state index in [1.165, 1.54) is 13.8 Å². The predicted molar refractivity (Wildman–Crippen MR) is 78.4 cm³/mol. The summed E-state index contributed by atoms with van der Waals surface area (Å²) in [7, 11) is 0. The Morgan fingerprint density at radius 2 is 1.26 bits per heavy atom. The number of rotatable bonds is 2. The molecule has 0 spiro atoms. The van der Waals surface area contributed by atoms with Gasteiger partial charge in [-0.15, -0.1) is 0 Å². The highest BCUT2D eigenvalue weighted by Gasteiger charge is 2.24. The molecule has 0 saturated carbocycles. The second-order valence-electron chi connectivity index (χ2n) is 4.45. The maximum atomic E-state index is 9.74. The van der Waals surface area contributed by atoms with E-state index >= 15 is 0 Å². The van der Waals surface area contributed by atoms with Gasteiger partial charge in [0.15, 0.2) is 0 Å². The van der Waals surface area contributed by atoms with Crippen molar-refractivity contribution in [1.82, 2.24) is 0 Å².